The molecule has 3 N–H and O–H groups in total. The van der Waals surface area contributed by atoms with E-state index in [-0.39, 0.29) is 15.8 Å². The van der Waals surface area contributed by atoms with Gasteiger partial charge in [0.1, 0.15) is 0 Å². The summed E-state index contributed by atoms with van der Waals surface area (Å²) in [6.07, 6.45) is -4.63. The monoisotopic (exact) mass is 358 g/mol. The predicted octanol–water partition coefficient (Wildman–Crippen LogP) is 4.30. The van der Waals surface area contributed by atoms with E-state index in [2.05, 4.69) is 21.2 Å². The number of benzene rings is 2. The van der Waals surface area contributed by atoms with Crippen molar-refractivity contribution in [3.05, 3.63) is 58.1 Å². The van der Waals surface area contributed by atoms with Crippen molar-refractivity contribution in [1.82, 2.24) is 0 Å². The van der Waals surface area contributed by atoms with Gasteiger partial charge >= 0.3 is 6.18 Å². The van der Waals surface area contributed by atoms with Gasteiger partial charge in [0.15, 0.2) is 0 Å². The first-order valence-corrected chi connectivity index (χ1v) is 6.61. The number of rotatable bonds is 2. The topological polar surface area (TPSA) is 55.1 Å². The lowest BCUT2D eigenvalue weighted by Gasteiger charge is -2.14. The summed E-state index contributed by atoms with van der Waals surface area (Å²) in [5.41, 5.74) is 4.71. The minimum absolute atomic E-state index is 0.241. The van der Waals surface area contributed by atoms with Gasteiger partial charge in [0, 0.05) is 4.47 Å². The van der Waals surface area contributed by atoms with E-state index >= 15 is 0 Å². The first kappa shape index (κ1) is 15.4. The number of hydrogen-bond donors (Lipinski definition) is 2. The third-order valence-corrected chi connectivity index (χ3v) is 3.23. The Balaban J connectivity index is 2.38. The maximum Gasteiger partial charge on any atom is 0.417 e. The van der Waals surface area contributed by atoms with Crippen LogP contribution in [0, 0.1) is 0 Å². The SMILES string of the molecule is Nc1ccccc1NC(=O)c1ccc(Br)cc1C(F)(F)F. The van der Waals surface area contributed by atoms with Gasteiger partial charge in [-0.05, 0) is 30.3 Å². The highest BCUT2D eigenvalue weighted by Crippen LogP contribution is 2.34. The zero-order chi connectivity index (χ0) is 15.6. The molecule has 3 nitrogen and oxygen atoms in total. The number of nitrogen functional groups attached to an aromatic ring is 1. The average Bonchev–Trinajstić information content (AvgIpc) is 2.40. The molecular formula is C14H10BrF3N2O. The van der Waals surface area contributed by atoms with Crippen LogP contribution < -0.4 is 11.1 Å². The van der Waals surface area contributed by atoms with Crippen LogP contribution in [0.2, 0.25) is 0 Å². The van der Waals surface area contributed by atoms with E-state index in [1.54, 1.807) is 18.2 Å². The molecule has 0 heterocycles. The minimum atomic E-state index is -4.63. The number of halogens is 4. The van der Waals surface area contributed by atoms with Crippen LogP contribution in [0.15, 0.2) is 46.9 Å². The van der Waals surface area contributed by atoms with Crippen molar-refractivity contribution in [1.29, 1.82) is 0 Å². The summed E-state index contributed by atoms with van der Waals surface area (Å²) in [6, 6.07) is 9.69. The highest BCUT2D eigenvalue weighted by molar-refractivity contribution is 9.10. The second kappa shape index (κ2) is 5.77. The highest BCUT2D eigenvalue weighted by atomic mass is 79.9. The van der Waals surface area contributed by atoms with Gasteiger partial charge < -0.3 is 11.1 Å². The maximum absolute atomic E-state index is 13.0. The second-order valence-electron chi connectivity index (χ2n) is 4.23. The summed E-state index contributed by atoms with van der Waals surface area (Å²) < 4.78 is 39.2. The van der Waals surface area contributed by atoms with E-state index in [1.807, 2.05) is 0 Å². The van der Waals surface area contributed by atoms with E-state index in [0.717, 1.165) is 12.1 Å². The van der Waals surface area contributed by atoms with Crippen molar-refractivity contribution in [3.63, 3.8) is 0 Å². The fourth-order valence-corrected chi connectivity index (χ4v) is 2.11. The fraction of sp³-hybridized carbons (Fsp3) is 0.0714. The van der Waals surface area contributed by atoms with E-state index in [4.69, 9.17) is 5.73 Å². The number of anilines is 2. The Morgan fingerprint density at radius 1 is 1.14 bits per heavy atom. The van der Waals surface area contributed by atoms with Crippen LogP contribution in [-0.2, 0) is 6.18 Å². The standard InChI is InChI=1S/C14H10BrF3N2O/c15-8-5-6-9(10(7-8)14(16,17)18)13(21)20-12-4-2-1-3-11(12)19/h1-7H,19H2,(H,20,21). The number of alkyl halides is 3. The number of carbonyl (C=O) groups excluding carboxylic acids is 1. The normalized spacial score (nSPS) is 11.2. The lowest BCUT2D eigenvalue weighted by Crippen LogP contribution is -2.19. The van der Waals surface area contributed by atoms with Crippen LogP contribution in [0.1, 0.15) is 15.9 Å². The molecule has 21 heavy (non-hydrogen) atoms. The Morgan fingerprint density at radius 3 is 2.43 bits per heavy atom. The van der Waals surface area contributed by atoms with Gasteiger partial charge in [-0.25, -0.2) is 0 Å². The first-order chi connectivity index (χ1) is 9.79. The first-order valence-electron chi connectivity index (χ1n) is 5.81. The molecule has 0 aliphatic rings. The quantitative estimate of drug-likeness (QED) is 0.786. The Morgan fingerprint density at radius 2 is 1.81 bits per heavy atom. The maximum atomic E-state index is 13.0. The molecule has 1 amide bonds. The predicted molar refractivity (Wildman–Crippen MR) is 78.0 cm³/mol. The van der Waals surface area contributed by atoms with Crippen molar-refractivity contribution in [3.8, 4) is 0 Å². The molecular weight excluding hydrogens is 349 g/mol. The van der Waals surface area contributed by atoms with Gasteiger partial charge in [-0.3, -0.25) is 4.79 Å². The van der Waals surface area contributed by atoms with Crippen LogP contribution in [0.4, 0.5) is 24.5 Å². The van der Waals surface area contributed by atoms with Gasteiger partial charge in [0.05, 0.1) is 22.5 Å². The molecule has 2 aromatic rings. The molecule has 0 saturated carbocycles. The summed E-state index contributed by atoms with van der Waals surface area (Å²) in [7, 11) is 0. The van der Waals surface area contributed by atoms with Crippen molar-refractivity contribution in [2.45, 2.75) is 6.18 Å². The Bertz CT molecular complexity index is 686. The Hall–Kier alpha value is -2.02. The molecule has 0 saturated heterocycles. The van der Waals surface area contributed by atoms with Crippen molar-refractivity contribution >= 4 is 33.2 Å². The smallest absolute Gasteiger partial charge is 0.397 e. The van der Waals surface area contributed by atoms with Crippen LogP contribution in [0.3, 0.4) is 0 Å². The zero-order valence-corrected chi connectivity index (χ0v) is 12.1. The van der Waals surface area contributed by atoms with Gasteiger partial charge in [0.2, 0.25) is 0 Å². The van der Waals surface area contributed by atoms with Crippen molar-refractivity contribution in [2.24, 2.45) is 0 Å². The summed E-state index contributed by atoms with van der Waals surface area (Å²) in [5, 5.41) is 2.38. The van der Waals surface area contributed by atoms with E-state index in [1.165, 1.54) is 12.1 Å². The number of nitrogens with two attached hydrogens (primary N) is 1. The van der Waals surface area contributed by atoms with E-state index in [0.29, 0.717) is 0 Å². The summed E-state index contributed by atoms with van der Waals surface area (Å²) >= 11 is 2.96. The number of hydrogen-bond acceptors (Lipinski definition) is 2. The molecule has 0 aliphatic carbocycles. The number of carbonyl (C=O) groups is 1. The number of nitrogens with one attached hydrogen (secondary N) is 1. The van der Waals surface area contributed by atoms with Crippen LogP contribution in [0.25, 0.3) is 0 Å². The molecule has 7 heteroatoms. The van der Waals surface area contributed by atoms with Gasteiger partial charge in [-0.15, -0.1) is 0 Å². The third kappa shape index (κ3) is 3.55. The lowest BCUT2D eigenvalue weighted by molar-refractivity contribution is -0.137. The Kier molecular flexibility index (Phi) is 4.22. The van der Waals surface area contributed by atoms with Crippen molar-refractivity contribution in [2.75, 3.05) is 11.1 Å². The van der Waals surface area contributed by atoms with Gasteiger partial charge in [0.25, 0.3) is 5.91 Å². The third-order valence-electron chi connectivity index (χ3n) is 2.74. The summed E-state index contributed by atoms with van der Waals surface area (Å²) in [6.45, 7) is 0. The molecule has 2 aromatic carbocycles. The lowest BCUT2D eigenvalue weighted by atomic mass is 10.1. The van der Waals surface area contributed by atoms with Gasteiger partial charge in [-0.2, -0.15) is 13.2 Å². The second-order valence-corrected chi connectivity index (χ2v) is 5.14. The Labute approximate surface area is 127 Å². The molecule has 110 valence electrons. The average molecular weight is 359 g/mol. The number of amides is 1. The summed E-state index contributed by atoms with van der Waals surface area (Å²) in [5.74, 6) is -0.868. The van der Waals surface area contributed by atoms with Crippen LogP contribution in [0.5, 0.6) is 0 Å². The molecule has 0 bridgehead atoms. The molecule has 0 spiro atoms. The molecule has 0 radical (unpaired) electrons. The number of para-hydroxylation sites is 2. The molecule has 0 unspecified atom stereocenters. The molecule has 0 fully saturated rings. The highest BCUT2D eigenvalue weighted by Gasteiger charge is 2.35. The fourth-order valence-electron chi connectivity index (χ4n) is 1.75. The molecule has 2 rings (SSSR count). The molecule has 0 atom stereocenters. The van der Waals surface area contributed by atoms with Crippen molar-refractivity contribution < 1.29 is 18.0 Å². The minimum Gasteiger partial charge on any atom is -0.397 e. The van der Waals surface area contributed by atoms with E-state index in [9.17, 15) is 18.0 Å². The van der Waals surface area contributed by atoms with Crippen LogP contribution in [-0.4, -0.2) is 5.91 Å². The van der Waals surface area contributed by atoms with Crippen LogP contribution >= 0.6 is 15.9 Å². The van der Waals surface area contributed by atoms with Gasteiger partial charge in [-0.1, -0.05) is 28.1 Å². The van der Waals surface area contributed by atoms with E-state index < -0.39 is 23.2 Å². The zero-order valence-electron chi connectivity index (χ0n) is 10.5. The summed E-state index contributed by atoms with van der Waals surface area (Å²) in [4.78, 5) is 12.1. The molecule has 0 aromatic heterocycles. The molecule has 0 aliphatic heterocycles. The largest absolute Gasteiger partial charge is 0.417 e.